The molecule has 3 N–H and O–H groups in total. The first-order valence-electron chi connectivity index (χ1n) is 6.61. The molecule has 0 unspecified atom stereocenters. The van der Waals surface area contributed by atoms with Crippen molar-refractivity contribution < 1.29 is 14.3 Å². The number of aryl methyl sites for hydroxylation is 1. The number of carbonyl (C=O) groups excluding carboxylic acids is 1. The van der Waals surface area contributed by atoms with E-state index in [2.05, 4.69) is 5.32 Å². The van der Waals surface area contributed by atoms with Gasteiger partial charge >= 0.3 is 0 Å². The van der Waals surface area contributed by atoms with Gasteiger partial charge in [0.2, 0.25) is 5.91 Å². The summed E-state index contributed by atoms with van der Waals surface area (Å²) in [5, 5.41) is 2.82. The van der Waals surface area contributed by atoms with Crippen LogP contribution in [0, 0.1) is 0 Å². The normalized spacial score (nSPS) is 10.5. The van der Waals surface area contributed by atoms with Crippen LogP contribution in [0.25, 0.3) is 0 Å². The van der Waals surface area contributed by atoms with Gasteiger partial charge in [0, 0.05) is 24.6 Å². The molecule has 1 rings (SSSR count). The number of carbonyl (C=O) groups is 1. The summed E-state index contributed by atoms with van der Waals surface area (Å²) in [7, 11) is 3.21. The molecule has 0 bridgehead atoms. The van der Waals surface area contributed by atoms with Crippen molar-refractivity contribution in [3.05, 3.63) is 23.8 Å². The highest BCUT2D eigenvalue weighted by Gasteiger charge is 2.12. The molecule has 0 radical (unpaired) electrons. The molecule has 5 nitrogen and oxygen atoms in total. The van der Waals surface area contributed by atoms with E-state index in [-0.39, 0.29) is 18.3 Å². The molecule has 0 atom stereocenters. The van der Waals surface area contributed by atoms with E-state index in [9.17, 15) is 4.79 Å². The van der Waals surface area contributed by atoms with E-state index < -0.39 is 5.54 Å². The number of nitrogens with one attached hydrogen (secondary N) is 1. The van der Waals surface area contributed by atoms with Crippen LogP contribution in [-0.4, -0.2) is 32.2 Å². The second-order valence-corrected chi connectivity index (χ2v) is 5.49. The lowest BCUT2D eigenvalue weighted by molar-refractivity contribution is -0.121. The number of rotatable bonds is 7. The van der Waals surface area contributed by atoms with Gasteiger partial charge in [-0.1, -0.05) is 0 Å². The molecule has 0 saturated heterocycles. The first kappa shape index (κ1) is 19.5. The number of nitrogens with two attached hydrogens (primary N) is 1. The lowest BCUT2D eigenvalue weighted by atomic mass is 10.1. The summed E-state index contributed by atoms with van der Waals surface area (Å²) in [6.07, 6.45) is 1.04. The summed E-state index contributed by atoms with van der Waals surface area (Å²) in [4.78, 5) is 11.7. The fourth-order valence-corrected chi connectivity index (χ4v) is 1.68. The van der Waals surface area contributed by atoms with E-state index in [1.807, 2.05) is 26.0 Å². The Bertz CT molecular complexity index is 436. The van der Waals surface area contributed by atoms with E-state index in [1.165, 1.54) is 0 Å². The van der Waals surface area contributed by atoms with Crippen LogP contribution in [-0.2, 0) is 11.2 Å². The fraction of sp³-hybridized carbons (Fsp3) is 0.533. The lowest BCUT2D eigenvalue weighted by Gasteiger charge is -2.18. The Hall–Kier alpha value is -1.46. The molecule has 21 heavy (non-hydrogen) atoms. The highest BCUT2D eigenvalue weighted by Crippen LogP contribution is 2.23. The smallest absolute Gasteiger partial charge is 0.220 e. The molecule has 0 saturated carbocycles. The van der Waals surface area contributed by atoms with Crippen LogP contribution in [0.15, 0.2) is 18.2 Å². The van der Waals surface area contributed by atoms with Gasteiger partial charge in [-0.2, -0.15) is 0 Å². The SMILES string of the molecule is COc1cc(CCC(=O)NCC(C)(C)N)cc(OC)c1.Cl. The van der Waals surface area contributed by atoms with E-state index in [4.69, 9.17) is 15.2 Å². The van der Waals surface area contributed by atoms with E-state index in [0.717, 1.165) is 17.1 Å². The second-order valence-electron chi connectivity index (χ2n) is 5.49. The number of ether oxygens (including phenoxy) is 2. The Balaban J connectivity index is 0.00000400. The van der Waals surface area contributed by atoms with Crippen molar-refractivity contribution in [1.82, 2.24) is 5.32 Å². The predicted octanol–water partition coefficient (Wildman–Crippen LogP) is 1.91. The highest BCUT2D eigenvalue weighted by atomic mass is 35.5. The highest BCUT2D eigenvalue weighted by molar-refractivity contribution is 5.85. The van der Waals surface area contributed by atoms with E-state index in [1.54, 1.807) is 20.3 Å². The van der Waals surface area contributed by atoms with Gasteiger partial charge in [0.1, 0.15) is 11.5 Å². The van der Waals surface area contributed by atoms with Crippen LogP contribution in [0.1, 0.15) is 25.8 Å². The van der Waals surface area contributed by atoms with Crippen molar-refractivity contribution in [2.45, 2.75) is 32.2 Å². The third-order valence-corrected chi connectivity index (χ3v) is 2.79. The van der Waals surface area contributed by atoms with Gasteiger partial charge in [0.25, 0.3) is 0 Å². The van der Waals surface area contributed by atoms with Gasteiger partial charge in [-0.15, -0.1) is 12.4 Å². The third-order valence-electron chi connectivity index (χ3n) is 2.79. The molecule has 0 heterocycles. The molecule has 6 heteroatoms. The fourth-order valence-electron chi connectivity index (χ4n) is 1.68. The monoisotopic (exact) mass is 316 g/mol. The topological polar surface area (TPSA) is 73.6 Å². The van der Waals surface area contributed by atoms with Crippen molar-refractivity contribution in [2.24, 2.45) is 5.73 Å². The number of benzene rings is 1. The molecule has 0 aromatic heterocycles. The molecule has 0 fully saturated rings. The van der Waals surface area contributed by atoms with Crippen molar-refractivity contribution in [1.29, 1.82) is 0 Å². The Morgan fingerprint density at radius 1 is 1.19 bits per heavy atom. The molecule has 0 spiro atoms. The largest absolute Gasteiger partial charge is 0.497 e. The number of halogens is 1. The van der Waals surface area contributed by atoms with Gasteiger partial charge in [-0.05, 0) is 38.0 Å². The molecule has 0 aliphatic rings. The number of hydrogen-bond donors (Lipinski definition) is 2. The molecule has 1 amide bonds. The standard InChI is InChI=1S/C15H24N2O3.ClH/c1-15(2,16)10-17-14(18)6-5-11-7-12(19-3)9-13(8-11)20-4;/h7-9H,5-6,10,16H2,1-4H3,(H,17,18);1H. The van der Waals surface area contributed by atoms with Crippen molar-refractivity contribution in [3.8, 4) is 11.5 Å². The average molecular weight is 317 g/mol. The van der Waals surface area contributed by atoms with E-state index >= 15 is 0 Å². The Labute approximate surface area is 132 Å². The van der Waals surface area contributed by atoms with Crippen LogP contribution in [0.3, 0.4) is 0 Å². The zero-order valence-electron chi connectivity index (χ0n) is 13.1. The van der Waals surface area contributed by atoms with Gasteiger partial charge in [-0.3, -0.25) is 4.79 Å². The maximum absolute atomic E-state index is 11.7. The zero-order valence-corrected chi connectivity index (χ0v) is 13.9. The first-order chi connectivity index (χ1) is 9.34. The molecule has 0 aliphatic carbocycles. The Morgan fingerprint density at radius 2 is 1.71 bits per heavy atom. The summed E-state index contributed by atoms with van der Waals surface area (Å²) in [6, 6.07) is 5.62. The molecule has 1 aromatic rings. The van der Waals surface area contributed by atoms with Crippen LogP contribution in [0.5, 0.6) is 11.5 Å². The Morgan fingerprint density at radius 3 is 2.14 bits per heavy atom. The minimum Gasteiger partial charge on any atom is -0.497 e. The summed E-state index contributed by atoms with van der Waals surface area (Å²) in [5.41, 5.74) is 6.43. The number of amides is 1. The maximum Gasteiger partial charge on any atom is 0.220 e. The summed E-state index contributed by atoms with van der Waals surface area (Å²) < 4.78 is 10.4. The van der Waals surface area contributed by atoms with Gasteiger partial charge in [0.05, 0.1) is 14.2 Å². The minimum absolute atomic E-state index is 0. The molecule has 1 aromatic carbocycles. The van der Waals surface area contributed by atoms with Crippen LogP contribution in [0.2, 0.25) is 0 Å². The molecule has 0 aliphatic heterocycles. The van der Waals surface area contributed by atoms with Gasteiger partial charge in [0.15, 0.2) is 0 Å². The molecular weight excluding hydrogens is 292 g/mol. The van der Waals surface area contributed by atoms with Crippen molar-refractivity contribution in [2.75, 3.05) is 20.8 Å². The van der Waals surface area contributed by atoms with Gasteiger partial charge in [-0.25, -0.2) is 0 Å². The van der Waals surface area contributed by atoms with E-state index in [0.29, 0.717) is 19.4 Å². The zero-order chi connectivity index (χ0) is 15.2. The first-order valence-corrected chi connectivity index (χ1v) is 6.61. The van der Waals surface area contributed by atoms with Crippen LogP contribution >= 0.6 is 12.4 Å². The van der Waals surface area contributed by atoms with Crippen LogP contribution in [0.4, 0.5) is 0 Å². The second kappa shape index (κ2) is 8.74. The third kappa shape index (κ3) is 7.78. The Kier molecular flexibility index (Phi) is 8.14. The summed E-state index contributed by atoms with van der Waals surface area (Å²) in [6.45, 7) is 4.22. The molecular formula is C15H25ClN2O3. The summed E-state index contributed by atoms with van der Waals surface area (Å²) >= 11 is 0. The number of methoxy groups -OCH3 is 2. The summed E-state index contributed by atoms with van der Waals surface area (Å²) in [5.74, 6) is 1.44. The predicted molar refractivity (Wildman–Crippen MR) is 86.4 cm³/mol. The van der Waals surface area contributed by atoms with Crippen molar-refractivity contribution >= 4 is 18.3 Å². The average Bonchev–Trinajstić information content (AvgIpc) is 2.41. The quantitative estimate of drug-likeness (QED) is 0.806. The maximum atomic E-state index is 11.7. The molecule has 120 valence electrons. The van der Waals surface area contributed by atoms with Gasteiger partial charge < -0.3 is 20.5 Å². The minimum atomic E-state index is -0.394. The lowest BCUT2D eigenvalue weighted by Crippen LogP contribution is -2.45. The number of hydrogen-bond acceptors (Lipinski definition) is 4. The van der Waals surface area contributed by atoms with Crippen LogP contribution < -0.4 is 20.5 Å². The van der Waals surface area contributed by atoms with Crippen molar-refractivity contribution in [3.63, 3.8) is 0 Å².